The summed E-state index contributed by atoms with van der Waals surface area (Å²) in [7, 11) is 0. The topological polar surface area (TPSA) is 75.5 Å². The molecule has 6 nitrogen and oxygen atoms in total. The number of benzene rings is 1. The van der Waals surface area contributed by atoms with Crippen molar-refractivity contribution in [3.63, 3.8) is 0 Å². The molecule has 0 bridgehead atoms. The van der Waals surface area contributed by atoms with Crippen LogP contribution < -0.4 is 10.6 Å². The molecule has 0 aliphatic rings. The second kappa shape index (κ2) is 7.04. The van der Waals surface area contributed by atoms with Gasteiger partial charge in [0.1, 0.15) is 0 Å². The second-order valence-corrected chi connectivity index (χ2v) is 7.79. The average molecular weight is 385 g/mol. The molecule has 27 heavy (non-hydrogen) atoms. The number of anilines is 1. The summed E-state index contributed by atoms with van der Waals surface area (Å²) in [5.41, 5.74) is 1.83. The standard InChI is InChI=1S/C20H21ClN4O2/c1-12-8-9-13(21)11-14(12)22-19(27)17-23-16(18(26)24-20(2,3)4)15-7-5-6-10-25(15)17/h5-11H,1-4H3,(H,22,27)(H,24,26). The van der Waals surface area contributed by atoms with E-state index in [0.717, 1.165) is 5.56 Å². The molecule has 0 aliphatic heterocycles. The molecule has 2 aromatic heterocycles. The smallest absolute Gasteiger partial charge is 0.292 e. The van der Waals surface area contributed by atoms with Gasteiger partial charge in [-0.1, -0.05) is 23.7 Å². The fraction of sp³-hybridized carbons (Fsp3) is 0.250. The number of fused-ring (bicyclic) bond motifs is 1. The number of hydrogen-bond donors (Lipinski definition) is 2. The Bertz CT molecular complexity index is 1030. The van der Waals surface area contributed by atoms with Gasteiger partial charge in [-0.15, -0.1) is 0 Å². The number of rotatable bonds is 3. The van der Waals surface area contributed by atoms with Crippen molar-refractivity contribution >= 4 is 34.6 Å². The highest BCUT2D eigenvalue weighted by atomic mass is 35.5. The summed E-state index contributed by atoms with van der Waals surface area (Å²) in [5, 5.41) is 6.23. The van der Waals surface area contributed by atoms with E-state index in [1.54, 1.807) is 40.9 Å². The molecule has 0 fully saturated rings. The van der Waals surface area contributed by atoms with E-state index < -0.39 is 11.4 Å². The van der Waals surface area contributed by atoms with E-state index in [-0.39, 0.29) is 17.4 Å². The van der Waals surface area contributed by atoms with Crippen molar-refractivity contribution in [1.29, 1.82) is 0 Å². The van der Waals surface area contributed by atoms with E-state index in [2.05, 4.69) is 15.6 Å². The van der Waals surface area contributed by atoms with Gasteiger partial charge in [-0.05, 0) is 57.5 Å². The molecule has 2 amide bonds. The summed E-state index contributed by atoms with van der Waals surface area (Å²) in [6.07, 6.45) is 1.70. The van der Waals surface area contributed by atoms with Crippen LogP contribution in [-0.4, -0.2) is 26.7 Å². The van der Waals surface area contributed by atoms with Crippen LogP contribution in [0.2, 0.25) is 5.02 Å². The van der Waals surface area contributed by atoms with Crippen LogP contribution in [0.4, 0.5) is 5.69 Å². The number of imidazole rings is 1. The SMILES string of the molecule is Cc1ccc(Cl)cc1NC(=O)c1nc(C(=O)NC(C)(C)C)c2ccccn12. The summed E-state index contributed by atoms with van der Waals surface area (Å²) in [6, 6.07) is 10.6. The quantitative estimate of drug-likeness (QED) is 0.714. The molecule has 3 rings (SSSR count). The van der Waals surface area contributed by atoms with Crippen LogP contribution in [0.15, 0.2) is 42.6 Å². The maximum absolute atomic E-state index is 12.8. The van der Waals surface area contributed by atoms with Crippen LogP contribution in [0, 0.1) is 6.92 Å². The molecular formula is C20H21ClN4O2. The van der Waals surface area contributed by atoms with Gasteiger partial charge in [0.25, 0.3) is 11.8 Å². The predicted octanol–water partition coefficient (Wildman–Crippen LogP) is 4.08. The van der Waals surface area contributed by atoms with Crippen LogP contribution >= 0.6 is 11.6 Å². The maximum atomic E-state index is 12.8. The molecule has 2 N–H and O–H groups in total. The maximum Gasteiger partial charge on any atom is 0.292 e. The van der Waals surface area contributed by atoms with Gasteiger partial charge in [-0.25, -0.2) is 4.98 Å². The third-order valence-corrected chi connectivity index (χ3v) is 4.14. The Balaban J connectivity index is 2.01. The Morgan fingerprint density at radius 3 is 2.56 bits per heavy atom. The molecule has 7 heteroatoms. The van der Waals surface area contributed by atoms with Gasteiger partial charge in [0.05, 0.1) is 5.52 Å². The summed E-state index contributed by atoms with van der Waals surface area (Å²) < 4.78 is 1.60. The van der Waals surface area contributed by atoms with Gasteiger partial charge in [0.2, 0.25) is 5.82 Å². The van der Waals surface area contributed by atoms with E-state index in [1.807, 2.05) is 33.8 Å². The number of carbonyl (C=O) groups is 2. The molecule has 0 aliphatic carbocycles. The van der Waals surface area contributed by atoms with Gasteiger partial charge < -0.3 is 10.6 Å². The lowest BCUT2D eigenvalue weighted by Gasteiger charge is -2.19. The van der Waals surface area contributed by atoms with Gasteiger partial charge in [0.15, 0.2) is 5.69 Å². The molecule has 140 valence electrons. The Morgan fingerprint density at radius 2 is 1.85 bits per heavy atom. The molecule has 0 atom stereocenters. The molecule has 0 spiro atoms. The lowest BCUT2D eigenvalue weighted by Crippen LogP contribution is -2.40. The van der Waals surface area contributed by atoms with E-state index in [9.17, 15) is 9.59 Å². The van der Waals surface area contributed by atoms with Crippen LogP contribution in [0.5, 0.6) is 0 Å². The van der Waals surface area contributed by atoms with Crippen molar-refractivity contribution in [3.05, 3.63) is 64.7 Å². The summed E-state index contributed by atoms with van der Waals surface area (Å²) >= 11 is 6.02. The molecule has 2 heterocycles. The first kappa shape index (κ1) is 18.9. The first-order valence-electron chi connectivity index (χ1n) is 8.53. The van der Waals surface area contributed by atoms with E-state index in [4.69, 9.17) is 11.6 Å². The van der Waals surface area contributed by atoms with Crippen molar-refractivity contribution in [2.24, 2.45) is 0 Å². The molecule has 0 saturated carbocycles. The highest BCUT2D eigenvalue weighted by Crippen LogP contribution is 2.22. The van der Waals surface area contributed by atoms with Crippen LogP contribution in [-0.2, 0) is 0 Å². The number of carbonyl (C=O) groups excluding carboxylic acids is 2. The zero-order chi connectivity index (χ0) is 19.8. The van der Waals surface area contributed by atoms with Gasteiger partial charge in [0, 0.05) is 22.4 Å². The second-order valence-electron chi connectivity index (χ2n) is 7.36. The van der Waals surface area contributed by atoms with Crippen LogP contribution in [0.1, 0.15) is 47.4 Å². The normalized spacial score (nSPS) is 11.4. The summed E-state index contributed by atoms with van der Waals surface area (Å²) in [4.78, 5) is 29.8. The van der Waals surface area contributed by atoms with Gasteiger partial charge in [-0.3, -0.25) is 14.0 Å². The number of nitrogens with one attached hydrogen (secondary N) is 2. The number of aryl methyl sites for hydroxylation is 1. The monoisotopic (exact) mass is 384 g/mol. The minimum atomic E-state index is -0.420. The average Bonchev–Trinajstić information content (AvgIpc) is 2.96. The Morgan fingerprint density at radius 1 is 1.11 bits per heavy atom. The molecule has 1 aromatic carbocycles. The first-order valence-corrected chi connectivity index (χ1v) is 8.90. The lowest BCUT2D eigenvalue weighted by atomic mass is 10.1. The van der Waals surface area contributed by atoms with Crippen molar-refractivity contribution in [3.8, 4) is 0 Å². The first-order chi connectivity index (χ1) is 12.7. The minimum absolute atomic E-state index is 0.129. The third kappa shape index (κ3) is 4.11. The highest BCUT2D eigenvalue weighted by Gasteiger charge is 2.24. The molecule has 0 saturated heterocycles. The highest BCUT2D eigenvalue weighted by molar-refractivity contribution is 6.31. The largest absolute Gasteiger partial charge is 0.346 e. The number of nitrogens with zero attached hydrogens (tertiary/aromatic N) is 2. The van der Waals surface area contributed by atoms with Gasteiger partial charge in [-0.2, -0.15) is 0 Å². The van der Waals surface area contributed by atoms with Gasteiger partial charge >= 0.3 is 0 Å². The van der Waals surface area contributed by atoms with Crippen molar-refractivity contribution in [1.82, 2.24) is 14.7 Å². The molecule has 0 radical (unpaired) electrons. The molecular weight excluding hydrogens is 364 g/mol. The minimum Gasteiger partial charge on any atom is -0.346 e. The van der Waals surface area contributed by atoms with Crippen LogP contribution in [0.3, 0.4) is 0 Å². The van der Waals surface area contributed by atoms with E-state index in [0.29, 0.717) is 16.2 Å². The predicted molar refractivity (Wildman–Crippen MR) is 107 cm³/mol. The zero-order valence-electron chi connectivity index (χ0n) is 15.6. The summed E-state index contributed by atoms with van der Waals surface area (Å²) in [5.74, 6) is -0.621. The van der Waals surface area contributed by atoms with Crippen molar-refractivity contribution in [2.45, 2.75) is 33.2 Å². The number of pyridine rings is 1. The van der Waals surface area contributed by atoms with Crippen LogP contribution in [0.25, 0.3) is 5.52 Å². The number of amides is 2. The number of halogens is 1. The summed E-state index contributed by atoms with van der Waals surface area (Å²) in [6.45, 7) is 7.54. The Hall–Kier alpha value is -2.86. The number of aromatic nitrogens is 2. The lowest BCUT2D eigenvalue weighted by molar-refractivity contribution is 0.0916. The van der Waals surface area contributed by atoms with Crippen molar-refractivity contribution < 1.29 is 9.59 Å². The Kier molecular flexibility index (Phi) is 4.93. The van der Waals surface area contributed by atoms with Crippen molar-refractivity contribution in [2.75, 3.05) is 5.32 Å². The van der Waals surface area contributed by atoms with E-state index in [1.165, 1.54) is 0 Å². The Labute approximate surface area is 162 Å². The number of hydrogen-bond acceptors (Lipinski definition) is 3. The third-order valence-electron chi connectivity index (χ3n) is 3.90. The molecule has 0 unspecified atom stereocenters. The van der Waals surface area contributed by atoms with E-state index >= 15 is 0 Å². The fourth-order valence-corrected chi connectivity index (χ4v) is 2.84. The fourth-order valence-electron chi connectivity index (χ4n) is 2.67. The molecule has 3 aromatic rings. The zero-order valence-corrected chi connectivity index (χ0v) is 16.4.